The average molecular weight is 508 g/mol. The highest BCUT2D eigenvalue weighted by Crippen LogP contribution is 2.31. The molecule has 0 radical (unpaired) electrons. The van der Waals surface area contributed by atoms with E-state index in [2.05, 4.69) is 15.6 Å². The van der Waals surface area contributed by atoms with Crippen molar-refractivity contribution in [1.82, 2.24) is 4.98 Å². The number of hydrogen-bond acceptors (Lipinski definition) is 5. The van der Waals surface area contributed by atoms with E-state index in [1.807, 2.05) is 86.0 Å². The Balaban J connectivity index is 1.37. The molecule has 0 saturated carbocycles. The van der Waals surface area contributed by atoms with Crippen LogP contribution in [0.2, 0.25) is 5.02 Å². The highest BCUT2D eigenvalue weighted by molar-refractivity contribution is 8.00. The quantitative estimate of drug-likeness (QED) is 0.261. The van der Waals surface area contributed by atoms with Gasteiger partial charge in [0.15, 0.2) is 5.13 Å². The third-order valence-electron chi connectivity index (χ3n) is 4.94. The van der Waals surface area contributed by atoms with Crippen molar-refractivity contribution in [3.63, 3.8) is 0 Å². The molecule has 1 heterocycles. The molecule has 4 rings (SSSR count). The van der Waals surface area contributed by atoms with Gasteiger partial charge in [-0.2, -0.15) is 0 Å². The molecule has 3 aromatic carbocycles. The first kappa shape index (κ1) is 24.0. The lowest BCUT2D eigenvalue weighted by Gasteiger charge is -2.12. The lowest BCUT2D eigenvalue weighted by Crippen LogP contribution is -2.22. The number of carbonyl (C=O) groups excluding carboxylic acids is 2. The number of carbonyl (C=O) groups is 2. The summed E-state index contributed by atoms with van der Waals surface area (Å²) in [5, 5.41) is 8.44. The van der Waals surface area contributed by atoms with Crippen LogP contribution >= 0.6 is 34.7 Å². The van der Waals surface area contributed by atoms with Crippen molar-refractivity contribution in [3.8, 4) is 11.3 Å². The van der Waals surface area contributed by atoms with Gasteiger partial charge in [-0.3, -0.25) is 9.59 Å². The molecule has 2 amide bonds. The number of anilines is 2. The first-order valence-electron chi connectivity index (χ1n) is 10.5. The van der Waals surface area contributed by atoms with Crippen LogP contribution in [0.5, 0.6) is 0 Å². The lowest BCUT2D eigenvalue weighted by molar-refractivity contribution is -0.115. The fourth-order valence-corrected chi connectivity index (χ4v) is 5.10. The van der Waals surface area contributed by atoms with Crippen molar-refractivity contribution in [1.29, 1.82) is 0 Å². The van der Waals surface area contributed by atoms with Crippen LogP contribution < -0.4 is 10.6 Å². The molecule has 0 fully saturated rings. The van der Waals surface area contributed by atoms with Gasteiger partial charge in [0.05, 0.1) is 10.9 Å². The van der Waals surface area contributed by atoms with Crippen LogP contribution in [0.3, 0.4) is 0 Å². The monoisotopic (exact) mass is 507 g/mol. The van der Waals surface area contributed by atoms with Crippen LogP contribution in [0, 0.1) is 6.92 Å². The predicted octanol–water partition coefficient (Wildman–Crippen LogP) is 7.14. The number of amides is 2. The van der Waals surface area contributed by atoms with Gasteiger partial charge in [-0.1, -0.05) is 53.6 Å². The van der Waals surface area contributed by atoms with E-state index < -0.39 is 0 Å². The molecule has 0 aliphatic rings. The van der Waals surface area contributed by atoms with E-state index in [1.54, 1.807) is 6.07 Å². The van der Waals surface area contributed by atoms with Crippen LogP contribution in [0.4, 0.5) is 10.8 Å². The average Bonchev–Trinajstić information content (AvgIpc) is 3.27. The van der Waals surface area contributed by atoms with Gasteiger partial charge in [0.1, 0.15) is 0 Å². The third-order valence-corrected chi connectivity index (χ3v) is 7.12. The molecule has 5 nitrogen and oxygen atoms in total. The van der Waals surface area contributed by atoms with E-state index in [0.717, 1.165) is 21.7 Å². The number of aromatic nitrogens is 1. The molecule has 34 heavy (non-hydrogen) atoms. The number of benzene rings is 3. The van der Waals surface area contributed by atoms with Crippen LogP contribution in [-0.4, -0.2) is 22.0 Å². The van der Waals surface area contributed by atoms with E-state index in [4.69, 9.17) is 11.6 Å². The zero-order chi connectivity index (χ0) is 24.1. The van der Waals surface area contributed by atoms with Crippen molar-refractivity contribution in [2.24, 2.45) is 0 Å². The van der Waals surface area contributed by atoms with E-state index in [1.165, 1.54) is 23.1 Å². The maximum absolute atomic E-state index is 12.7. The van der Waals surface area contributed by atoms with Crippen molar-refractivity contribution in [3.05, 3.63) is 94.3 Å². The fourth-order valence-electron chi connectivity index (χ4n) is 3.23. The van der Waals surface area contributed by atoms with Gasteiger partial charge in [-0.25, -0.2) is 4.98 Å². The topological polar surface area (TPSA) is 71.1 Å². The number of rotatable bonds is 7. The van der Waals surface area contributed by atoms with Crippen molar-refractivity contribution in [2.75, 3.05) is 10.6 Å². The minimum Gasteiger partial charge on any atom is -0.322 e. The first-order valence-corrected chi connectivity index (χ1v) is 12.7. The molecule has 4 aromatic rings. The van der Waals surface area contributed by atoms with Gasteiger partial charge in [-0.05, 0) is 50.2 Å². The molecular formula is C26H22ClN3O2S2. The molecule has 172 valence electrons. The Hall–Kier alpha value is -3.13. The van der Waals surface area contributed by atoms with Crippen molar-refractivity contribution in [2.45, 2.75) is 24.0 Å². The molecule has 0 spiro atoms. The minimum atomic E-state index is -0.365. The molecule has 0 bridgehead atoms. The van der Waals surface area contributed by atoms with Gasteiger partial charge in [0.25, 0.3) is 5.91 Å². The SMILES string of the molecule is Cc1cccc(C(=O)Nc2cccc(SC(C)C(=O)Nc3nc(-c4ccccc4Cl)cs3)c2)c1. The fraction of sp³-hybridized carbons (Fsp3) is 0.115. The second-order valence-corrected chi connectivity index (χ2v) is 10.3. The van der Waals surface area contributed by atoms with Gasteiger partial charge in [-0.15, -0.1) is 23.1 Å². The third kappa shape index (κ3) is 6.05. The number of nitrogens with one attached hydrogen (secondary N) is 2. The van der Waals surface area contributed by atoms with E-state index in [0.29, 0.717) is 21.4 Å². The summed E-state index contributed by atoms with van der Waals surface area (Å²) in [6, 6.07) is 22.4. The van der Waals surface area contributed by atoms with E-state index in [9.17, 15) is 9.59 Å². The highest BCUT2D eigenvalue weighted by atomic mass is 35.5. The number of thiazole rings is 1. The summed E-state index contributed by atoms with van der Waals surface area (Å²) in [7, 11) is 0. The first-order chi connectivity index (χ1) is 16.4. The van der Waals surface area contributed by atoms with Gasteiger partial charge < -0.3 is 10.6 Å². The Bertz CT molecular complexity index is 1340. The normalized spacial score (nSPS) is 11.6. The maximum Gasteiger partial charge on any atom is 0.255 e. The summed E-state index contributed by atoms with van der Waals surface area (Å²) in [6.45, 7) is 3.78. The minimum absolute atomic E-state index is 0.153. The van der Waals surface area contributed by atoms with Crippen molar-refractivity contribution >= 4 is 57.3 Å². The molecule has 0 aliphatic carbocycles. The Morgan fingerprint density at radius 2 is 1.79 bits per heavy atom. The molecule has 1 aromatic heterocycles. The zero-order valence-corrected chi connectivity index (χ0v) is 20.9. The summed E-state index contributed by atoms with van der Waals surface area (Å²) < 4.78 is 0. The van der Waals surface area contributed by atoms with Crippen LogP contribution in [0.15, 0.2) is 83.1 Å². The molecule has 1 unspecified atom stereocenters. The summed E-state index contributed by atoms with van der Waals surface area (Å²) in [6.07, 6.45) is 0. The van der Waals surface area contributed by atoms with E-state index in [-0.39, 0.29) is 17.1 Å². The van der Waals surface area contributed by atoms with Crippen molar-refractivity contribution < 1.29 is 9.59 Å². The molecular weight excluding hydrogens is 486 g/mol. The van der Waals surface area contributed by atoms with Gasteiger partial charge >= 0.3 is 0 Å². The smallest absolute Gasteiger partial charge is 0.255 e. The number of nitrogens with zero attached hydrogens (tertiary/aromatic N) is 1. The molecule has 0 aliphatic heterocycles. The van der Waals surface area contributed by atoms with E-state index >= 15 is 0 Å². The Kier molecular flexibility index (Phi) is 7.67. The molecule has 8 heteroatoms. The Morgan fingerprint density at radius 3 is 2.59 bits per heavy atom. The summed E-state index contributed by atoms with van der Waals surface area (Å²) in [5.74, 6) is -0.325. The Labute approximate surface area is 211 Å². The summed E-state index contributed by atoms with van der Waals surface area (Å²) in [5.41, 5.74) is 3.85. The molecule has 0 saturated heterocycles. The zero-order valence-electron chi connectivity index (χ0n) is 18.5. The second-order valence-electron chi connectivity index (χ2n) is 7.62. The largest absolute Gasteiger partial charge is 0.322 e. The second kappa shape index (κ2) is 10.9. The number of halogens is 1. The lowest BCUT2D eigenvalue weighted by atomic mass is 10.1. The highest BCUT2D eigenvalue weighted by Gasteiger charge is 2.17. The Morgan fingerprint density at radius 1 is 1.00 bits per heavy atom. The van der Waals surface area contributed by atoms with Gasteiger partial charge in [0, 0.05) is 32.1 Å². The summed E-state index contributed by atoms with van der Waals surface area (Å²) in [4.78, 5) is 30.7. The van der Waals surface area contributed by atoms with Crippen LogP contribution in [0.1, 0.15) is 22.8 Å². The molecule has 2 N–H and O–H groups in total. The summed E-state index contributed by atoms with van der Waals surface area (Å²) >= 11 is 9.01. The number of hydrogen-bond donors (Lipinski definition) is 2. The molecule has 1 atom stereocenters. The predicted molar refractivity (Wildman–Crippen MR) is 142 cm³/mol. The van der Waals surface area contributed by atoms with Crippen LogP contribution in [-0.2, 0) is 4.79 Å². The standard InChI is InChI=1S/C26H22ClN3O2S2/c1-16-7-5-8-18(13-16)25(32)28-19-9-6-10-20(14-19)34-17(2)24(31)30-26-29-23(15-33-26)21-11-3-4-12-22(21)27/h3-15,17H,1-2H3,(H,28,32)(H,29,30,31). The number of aryl methyl sites for hydroxylation is 1. The van der Waals surface area contributed by atoms with Gasteiger partial charge in [0.2, 0.25) is 5.91 Å². The van der Waals surface area contributed by atoms with Crippen LogP contribution in [0.25, 0.3) is 11.3 Å². The number of thioether (sulfide) groups is 1. The maximum atomic E-state index is 12.7.